The first kappa shape index (κ1) is 51.0. The molecule has 0 bridgehead atoms. The van der Waals surface area contributed by atoms with Crippen molar-refractivity contribution < 1.29 is 51.2 Å². The van der Waals surface area contributed by atoms with Gasteiger partial charge in [-0.25, -0.2) is 0 Å². The molecule has 0 unspecified atom stereocenters. The number of nitriles is 2. The van der Waals surface area contributed by atoms with Gasteiger partial charge in [0.25, 0.3) is 11.8 Å². The summed E-state index contributed by atoms with van der Waals surface area (Å²) in [5.41, 5.74) is 3.52. The molecule has 2 amide bonds. The summed E-state index contributed by atoms with van der Waals surface area (Å²) < 4.78 is 72.1. The van der Waals surface area contributed by atoms with Crippen molar-refractivity contribution in [2.75, 3.05) is 45.2 Å². The fourth-order valence-corrected chi connectivity index (χ4v) is 7.16. The van der Waals surface area contributed by atoms with Crippen LogP contribution in [0.15, 0.2) is 83.9 Å². The highest BCUT2D eigenvalue weighted by atomic mass is 32.1. The van der Waals surface area contributed by atoms with Gasteiger partial charge in [0.05, 0.1) is 21.3 Å². The Balaban J connectivity index is 0.000000261. The van der Waals surface area contributed by atoms with Gasteiger partial charge in [0.2, 0.25) is 21.0 Å². The van der Waals surface area contributed by atoms with Gasteiger partial charge in [-0.05, 0) is 97.5 Å². The highest BCUT2D eigenvalue weighted by molar-refractivity contribution is 7.15. The third-order valence-corrected chi connectivity index (χ3v) is 11.1. The Kier molecular flexibility index (Phi) is 18.0. The summed E-state index contributed by atoms with van der Waals surface area (Å²) in [5, 5.41) is 37.3. The van der Waals surface area contributed by atoms with Gasteiger partial charge in [0.15, 0.2) is 23.0 Å². The van der Waals surface area contributed by atoms with E-state index in [9.17, 15) is 33.3 Å². The molecule has 2 heterocycles. The third kappa shape index (κ3) is 13.8. The van der Waals surface area contributed by atoms with E-state index in [2.05, 4.69) is 31.0 Å². The van der Waals surface area contributed by atoms with Crippen LogP contribution in [-0.4, -0.2) is 66.8 Å². The van der Waals surface area contributed by atoms with E-state index in [1.807, 2.05) is 76.2 Å². The fraction of sp³-hybridized carbons (Fsp3) is 0.234. The molecular formula is C47H43F3N8O8S2. The van der Waals surface area contributed by atoms with Crippen molar-refractivity contribution in [3.8, 4) is 52.4 Å². The maximum Gasteiger partial charge on any atom is 0.445 e. The Morgan fingerprint density at radius 2 is 1.18 bits per heavy atom. The summed E-state index contributed by atoms with van der Waals surface area (Å²) in [6.45, 7) is 8.23. The van der Waals surface area contributed by atoms with Gasteiger partial charge in [-0.2, -0.15) is 23.7 Å². The summed E-state index contributed by atoms with van der Waals surface area (Å²) in [6.07, 6.45) is -1.26. The zero-order chi connectivity index (χ0) is 49.4. The minimum absolute atomic E-state index is 0.0575. The molecular weight excluding hydrogens is 926 g/mol. The molecule has 352 valence electrons. The van der Waals surface area contributed by atoms with E-state index >= 15 is 0 Å². The number of nitrogens with zero attached hydrogens (tertiary/aromatic N) is 6. The lowest BCUT2D eigenvalue weighted by atomic mass is 10.1. The van der Waals surface area contributed by atoms with E-state index in [1.54, 1.807) is 24.3 Å². The third-order valence-electron chi connectivity index (χ3n) is 9.20. The lowest BCUT2D eigenvalue weighted by Crippen LogP contribution is -2.13. The van der Waals surface area contributed by atoms with Gasteiger partial charge < -0.3 is 28.4 Å². The van der Waals surface area contributed by atoms with Gasteiger partial charge in [-0.15, -0.1) is 20.4 Å². The molecule has 6 rings (SSSR count). The van der Waals surface area contributed by atoms with Crippen LogP contribution in [0.5, 0.6) is 40.2 Å². The second-order valence-corrected chi connectivity index (χ2v) is 16.0. The summed E-state index contributed by atoms with van der Waals surface area (Å²) in [4.78, 5) is 24.9. The first-order valence-electron chi connectivity index (χ1n) is 20.2. The molecule has 0 saturated heterocycles. The number of benzene rings is 4. The number of hydrogen-bond acceptors (Lipinski definition) is 16. The predicted octanol–water partition coefficient (Wildman–Crippen LogP) is 9.95. The van der Waals surface area contributed by atoms with Gasteiger partial charge >= 0.3 is 6.18 Å². The van der Waals surface area contributed by atoms with Crippen molar-refractivity contribution in [3.05, 3.63) is 122 Å². The minimum Gasteiger partial charge on any atom is -0.493 e. The highest BCUT2D eigenvalue weighted by Gasteiger charge is 2.36. The van der Waals surface area contributed by atoms with Crippen LogP contribution in [0.3, 0.4) is 0 Å². The van der Waals surface area contributed by atoms with Crippen LogP contribution in [0, 0.1) is 43.4 Å². The van der Waals surface area contributed by atoms with Gasteiger partial charge in [-0.1, -0.05) is 72.1 Å². The van der Waals surface area contributed by atoms with Gasteiger partial charge in [0, 0.05) is 0 Å². The van der Waals surface area contributed by atoms with Crippen LogP contribution in [-0.2, 0) is 22.2 Å². The molecule has 4 aromatic carbocycles. The van der Waals surface area contributed by atoms with E-state index in [-0.39, 0.29) is 47.4 Å². The lowest BCUT2D eigenvalue weighted by Gasteiger charge is -2.16. The van der Waals surface area contributed by atoms with E-state index in [4.69, 9.17) is 28.4 Å². The number of carbonyl (C=O) groups excluding carboxylic acids is 2. The molecule has 0 radical (unpaired) electrons. The number of carbonyl (C=O) groups is 2. The van der Waals surface area contributed by atoms with E-state index in [1.165, 1.54) is 57.0 Å². The zero-order valence-electron chi connectivity index (χ0n) is 37.6. The molecule has 2 N–H and O–H groups in total. The highest BCUT2D eigenvalue weighted by Crippen LogP contribution is 2.40. The number of alkyl halides is 3. The first-order valence-corrected chi connectivity index (χ1v) is 21.8. The van der Waals surface area contributed by atoms with Gasteiger partial charge in [0.1, 0.15) is 53.0 Å². The number of methoxy groups -OCH3 is 3. The largest absolute Gasteiger partial charge is 0.493 e. The van der Waals surface area contributed by atoms with Gasteiger partial charge in [-0.3, -0.25) is 20.2 Å². The maximum atomic E-state index is 12.7. The number of anilines is 2. The summed E-state index contributed by atoms with van der Waals surface area (Å²) in [5.74, 6) is 1.83. The number of aromatic nitrogens is 4. The molecule has 2 aromatic heterocycles. The standard InChI is InChI=1S/C25H23F3N4O5S.C22H20N4O3S/c1-14-6-5-7-15(2)20(14)36-8-9-37-21-18(34-3)11-16(12-19(21)35-4)10-17(13-29)22(33)30-24-32-31-23(38-24)25(26,27)28;1-4-20-25-26-22(30-20)24-21(27)16(13-23)11-15-9-10-18(19(12-15)28-3)29-17-8-6-5-7-14(17)2/h5-7,10-12H,8-9H2,1-4H3,(H,30,32,33);5-12H,4H2,1-3H3,(H,24,26,27)/b17-10-;16-11+. The molecule has 21 heteroatoms. The molecule has 0 atom stereocenters. The number of para-hydroxylation sites is 2. The number of ether oxygens (including phenoxy) is 6. The van der Waals surface area contributed by atoms with Crippen LogP contribution in [0.1, 0.15) is 44.8 Å². The monoisotopic (exact) mass is 968 g/mol. The van der Waals surface area contributed by atoms with E-state index in [0.29, 0.717) is 27.8 Å². The SMILES string of the molecule is CCc1nnc(NC(=O)/C(C#N)=C/c2ccc(Oc3ccccc3C)c(OC)c2)s1.COc1cc(/C=C(/C#N)C(=O)Nc2nnc(C(F)(F)F)s2)cc(OC)c1OCCOc1c(C)cccc1C. The molecule has 0 spiro atoms. The average molecular weight is 969 g/mol. The maximum absolute atomic E-state index is 12.7. The molecule has 0 aliphatic rings. The molecule has 6 aromatic rings. The molecule has 0 aliphatic heterocycles. The van der Waals surface area contributed by atoms with Crippen LogP contribution < -0.4 is 39.1 Å². The number of hydrogen-bond donors (Lipinski definition) is 2. The normalized spacial score (nSPS) is 11.2. The van der Waals surface area contributed by atoms with Crippen molar-refractivity contribution in [1.82, 2.24) is 20.4 Å². The van der Waals surface area contributed by atoms with Crippen LogP contribution >= 0.6 is 22.7 Å². The quantitative estimate of drug-likeness (QED) is 0.0495. The van der Waals surface area contributed by atoms with Crippen molar-refractivity contribution in [1.29, 1.82) is 10.5 Å². The zero-order valence-corrected chi connectivity index (χ0v) is 39.2. The number of nitrogens with one attached hydrogen (secondary N) is 2. The average Bonchev–Trinajstić information content (AvgIpc) is 4.00. The fourth-order valence-electron chi connectivity index (χ4n) is 5.88. The van der Waals surface area contributed by atoms with E-state index in [0.717, 1.165) is 39.6 Å². The smallest absolute Gasteiger partial charge is 0.445 e. The van der Waals surface area contributed by atoms with Crippen molar-refractivity contribution >= 4 is 56.9 Å². The van der Waals surface area contributed by atoms with Crippen LogP contribution in [0.25, 0.3) is 12.2 Å². The number of amides is 2. The Bertz CT molecular complexity index is 2860. The van der Waals surface area contributed by atoms with E-state index < -0.39 is 33.7 Å². The second-order valence-electron chi connectivity index (χ2n) is 14.0. The summed E-state index contributed by atoms with van der Waals surface area (Å²) >= 11 is 1.42. The van der Waals surface area contributed by atoms with Crippen molar-refractivity contribution in [3.63, 3.8) is 0 Å². The lowest BCUT2D eigenvalue weighted by molar-refractivity contribution is -0.138. The van der Waals surface area contributed by atoms with Crippen LogP contribution in [0.2, 0.25) is 0 Å². The second kappa shape index (κ2) is 24.0. The Labute approximate surface area is 397 Å². The summed E-state index contributed by atoms with van der Waals surface area (Å²) in [7, 11) is 4.36. The Hall–Kier alpha value is -8.01. The molecule has 0 fully saturated rings. The minimum atomic E-state index is -4.70. The molecule has 68 heavy (non-hydrogen) atoms. The number of halogens is 3. The summed E-state index contributed by atoms with van der Waals surface area (Å²) in [6, 6.07) is 25.4. The van der Waals surface area contributed by atoms with Crippen molar-refractivity contribution in [2.24, 2.45) is 0 Å². The number of aryl methyl sites for hydroxylation is 4. The first-order chi connectivity index (χ1) is 32.6. The topological polar surface area (TPSA) is 213 Å². The number of rotatable bonds is 17. The molecule has 16 nitrogen and oxygen atoms in total. The Morgan fingerprint density at radius 1 is 0.647 bits per heavy atom. The molecule has 0 saturated carbocycles. The van der Waals surface area contributed by atoms with Crippen molar-refractivity contribution in [2.45, 2.75) is 40.3 Å². The van der Waals surface area contributed by atoms with Crippen LogP contribution in [0.4, 0.5) is 23.4 Å². The Morgan fingerprint density at radius 3 is 1.71 bits per heavy atom. The predicted molar refractivity (Wildman–Crippen MR) is 249 cm³/mol. The molecule has 0 aliphatic carbocycles.